The fourth-order valence-electron chi connectivity index (χ4n) is 6.68. The van der Waals surface area contributed by atoms with Crippen molar-refractivity contribution in [2.45, 2.75) is 84.7 Å². The van der Waals surface area contributed by atoms with Gasteiger partial charge in [-0.05, 0) is 51.0 Å². The number of unbranched alkanes of at least 4 members (excludes halogenated alkanes) is 7. The molecule has 200 valence electrons. The van der Waals surface area contributed by atoms with Crippen LogP contribution in [0, 0.1) is 13.8 Å². The largest absolute Gasteiger partial charge is 0.317 e. The summed E-state index contributed by atoms with van der Waals surface area (Å²) in [5.74, 6) is 0. The maximum atomic E-state index is 4.77. The van der Waals surface area contributed by atoms with E-state index in [1.54, 1.807) is 0 Å². The standard InChI is InChI=1S/C35H40N4/c1-4-5-6-7-8-9-10-11-20-33(38-31-18-14-12-16-27(31)29-21-23-36-25(2)34(29)38)39-32-19-15-13-17-28(32)30-22-24-37-26(3)35(30)39/h12-19,21-24,33H,4-11,20H2,1-3H3. The molecule has 6 aromatic rings. The highest BCUT2D eigenvalue weighted by atomic mass is 15.2. The second-order valence-corrected chi connectivity index (χ2v) is 11.1. The molecule has 4 heterocycles. The summed E-state index contributed by atoms with van der Waals surface area (Å²) in [6.07, 6.45) is 15.6. The topological polar surface area (TPSA) is 35.6 Å². The van der Waals surface area contributed by atoms with E-state index in [2.05, 4.69) is 90.6 Å². The minimum atomic E-state index is 0.126. The summed E-state index contributed by atoms with van der Waals surface area (Å²) in [6.45, 7) is 6.60. The van der Waals surface area contributed by atoms with Crippen molar-refractivity contribution in [1.82, 2.24) is 19.1 Å². The summed E-state index contributed by atoms with van der Waals surface area (Å²) in [5, 5.41) is 5.17. The van der Waals surface area contributed by atoms with E-state index in [1.165, 1.54) is 95.0 Å². The number of hydrogen-bond acceptors (Lipinski definition) is 2. The molecular formula is C35H40N4. The molecule has 0 amide bonds. The Morgan fingerprint density at radius 3 is 1.54 bits per heavy atom. The Kier molecular flexibility index (Phi) is 7.36. The summed E-state index contributed by atoms with van der Waals surface area (Å²) in [6, 6.07) is 22.1. The number of nitrogens with zero attached hydrogens (tertiary/aromatic N) is 4. The summed E-state index contributed by atoms with van der Waals surface area (Å²) < 4.78 is 5.18. The molecule has 0 unspecified atom stereocenters. The molecule has 4 aromatic heterocycles. The number of para-hydroxylation sites is 2. The van der Waals surface area contributed by atoms with Crippen molar-refractivity contribution in [3.05, 3.63) is 84.4 Å². The first kappa shape index (κ1) is 25.6. The van der Waals surface area contributed by atoms with Gasteiger partial charge in [-0.3, -0.25) is 9.97 Å². The first-order chi connectivity index (χ1) is 19.2. The van der Waals surface area contributed by atoms with E-state index in [9.17, 15) is 0 Å². The molecule has 0 bridgehead atoms. The van der Waals surface area contributed by atoms with Gasteiger partial charge >= 0.3 is 0 Å². The van der Waals surface area contributed by atoms with Gasteiger partial charge in [-0.2, -0.15) is 0 Å². The van der Waals surface area contributed by atoms with Gasteiger partial charge in [-0.15, -0.1) is 0 Å². The van der Waals surface area contributed by atoms with Crippen LogP contribution in [0.4, 0.5) is 0 Å². The summed E-state index contributed by atoms with van der Waals surface area (Å²) in [7, 11) is 0. The van der Waals surface area contributed by atoms with Crippen LogP contribution in [-0.4, -0.2) is 19.1 Å². The quantitative estimate of drug-likeness (QED) is 0.161. The van der Waals surface area contributed by atoms with Crippen LogP contribution in [0.3, 0.4) is 0 Å². The van der Waals surface area contributed by atoms with Crippen molar-refractivity contribution in [3.63, 3.8) is 0 Å². The molecular weight excluding hydrogens is 476 g/mol. The van der Waals surface area contributed by atoms with Gasteiger partial charge in [0.15, 0.2) is 0 Å². The lowest BCUT2D eigenvalue weighted by Gasteiger charge is -2.26. The van der Waals surface area contributed by atoms with Crippen molar-refractivity contribution in [1.29, 1.82) is 0 Å². The third-order valence-corrected chi connectivity index (χ3v) is 8.52. The average molecular weight is 517 g/mol. The van der Waals surface area contributed by atoms with Gasteiger partial charge < -0.3 is 9.13 Å². The Morgan fingerprint density at radius 1 is 0.564 bits per heavy atom. The van der Waals surface area contributed by atoms with Crippen LogP contribution in [0.25, 0.3) is 43.6 Å². The normalized spacial score (nSPS) is 12.1. The van der Waals surface area contributed by atoms with Gasteiger partial charge in [0.2, 0.25) is 0 Å². The predicted octanol–water partition coefficient (Wildman–Crippen LogP) is 9.89. The zero-order valence-electron chi connectivity index (χ0n) is 23.7. The van der Waals surface area contributed by atoms with Crippen molar-refractivity contribution >= 4 is 43.6 Å². The van der Waals surface area contributed by atoms with E-state index in [-0.39, 0.29) is 6.17 Å². The molecule has 0 radical (unpaired) electrons. The molecule has 0 fully saturated rings. The van der Waals surface area contributed by atoms with Crippen molar-refractivity contribution in [2.75, 3.05) is 0 Å². The van der Waals surface area contributed by atoms with E-state index in [0.29, 0.717) is 0 Å². The highest BCUT2D eigenvalue weighted by Gasteiger charge is 2.25. The van der Waals surface area contributed by atoms with E-state index < -0.39 is 0 Å². The molecule has 4 heteroatoms. The van der Waals surface area contributed by atoms with Crippen molar-refractivity contribution in [3.8, 4) is 0 Å². The van der Waals surface area contributed by atoms with E-state index >= 15 is 0 Å². The van der Waals surface area contributed by atoms with E-state index in [1.807, 2.05) is 12.4 Å². The van der Waals surface area contributed by atoms with Crippen molar-refractivity contribution < 1.29 is 0 Å². The number of pyridine rings is 2. The van der Waals surface area contributed by atoms with Gasteiger partial charge in [0.05, 0.1) is 33.5 Å². The number of aromatic nitrogens is 4. The highest BCUT2D eigenvalue weighted by molar-refractivity contribution is 6.10. The molecule has 0 spiro atoms. The number of benzene rings is 2. The van der Waals surface area contributed by atoms with Crippen LogP contribution in [-0.2, 0) is 0 Å². The van der Waals surface area contributed by atoms with Crippen LogP contribution in [0.1, 0.15) is 82.3 Å². The van der Waals surface area contributed by atoms with Crippen LogP contribution in [0.5, 0.6) is 0 Å². The Morgan fingerprint density at radius 2 is 1.03 bits per heavy atom. The van der Waals surface area contributed by atoms with Gasteiger partial charge in [0.1, 0.15) is 6.17 Å². The predicted molar refractivity (Wildman–Crippen MR) is 166 cm³/mol. The number of aryl methyl sites for hydroxylation is 2. The van der Waals surface area contributed by atoms with Crippen LogP contribution in [0.2, 0.25) is 0 Å². The van der Waals surface area contributed by atoms with Crippen LogP contribution >= 0.6 is 0 Å². The lowest BCUT2D eigenvalue weighted by molar-refractivity contribution is 0.417. The molecule has 0 saturated carbocycles. The lowest BCUT2D eigenvalue weighted by atomic mass is 10.1. The molecule has 6 rings (SSSR count). The third-order valence-electron chi connectivity index (χ3n) is 8.52. The number of rotatable bonds is 11. The van der Waals surface area contributed by atoms with Crippen molar-refractivity contribution in [2.24, 2.45) is 0 Å². The number of hydrogen-bond donors (Lipinski definition) is 0. The van der Waals surface area contributed by atoms with Crippen LogP contribution in [0.15, 0.2) is 73.1 Å². The zero-order valence-corrected chi connectivity index (χ0v) is 23.7. The molecule has 4 nitrogen and oxygen atoms in total. The minimum Gasteiger partial charge on any atom is -0.317 e. The molecule has 0 aliphatic rings. The second-order valence-electron chi connectivity index (χ2n) is 11.1. The second kappa shape index (κ2) is 11.2. The summed E-state index contributed by atoms with van der Waals surface area (Å²) >= 11 is 0. The monoisotopic (exact) mass is 516 g/mol. The average Bonchev–Trinajstić information content (AvgIpc) is 3.48. The smallest absolute Gasteiger partial charge is 0.111 e. The van der Waals surface area contributed by atoms with E-state index in [4.69, 9.17) is 9.97 Å². The third kappa shape index (κ3) is 4.60. The van der Waals surface area contributed by atoms with Gasteiger partial charge in [-0.25, -0.2) is 0 Å². The molecule has 0 saturated heterocycles. The Labute approximate surface area is 231 Å². The number of fused-ring (bicyclic) bond motifs is 6. The fourth-order valence-corrected chi connectivity index (χ4v) is 6.68. The summed E-state index contributed by atoms with van der Waals surface area (Å²) in [4.78, 5) is 9.54. The minimum absolute atomic E-state index is 0.126. The SMILES string of the molecule is CCCCCCCCCCC(n1c2ccccc2c2ccnc(C)c21)n1c2ccccc2c2ccnc(C)c21. The molecule has 39 heavy (non-hydrogen) atoms. The Bertz CT molecular complexity index is 1620. The Balaban J connectivity index is 1.52. The highest BCUT2D eigenvalue weighted by Crippen LogP contribution is 2.40. The molecule has 2 aromatic carbocycles. The molecule has 0 N–H and O–H groups in total. The fraction of sp³-hybridized carbons (Fsp3) is 0.371. The lowest BCUT2D eigenvalue weighted by Crippen LogP contribution is -2.19. The first-order valence-electron chi connectivity index (χ1n) is 14.9. The summed E-state index contributed by atoms with van der Waals surface area (Å²) in [5.41, 5.74) is 7.22. The molecule has 0 aliphatic carbocycles. The van der Waals surface area contributed by atoms with Crippen LogP contribution < -0.4 is 0 Å². The zero-order chi connectivity index (χ0) is 26.8. The van der Waals surface area contributed by atoms with Gasteiger partial charge in [0.25, 0.3) is 0 Å². The first-order valence-corrected chi connectivity index (χ1v) is 14.9. The molecule has 0 atom stereocenters. The van der Waals surface area contributed by atoms with E-state index in [0.717, 1.165) is 17.8 Å². The van der Waals surface area contributed by atoms with Gasteiger partial charge in [0, 0.05) is 33.9 Å². The maximum absolute atomic E-state index is 4.77. The van der Waals surface area contributed by atoms with Gasteiger partial charge in [-0.1, -0.05) is 88.3 Å². The molecule has 0 aliphatic heterocycles. The maximum Gasteiger partial charge on any atom is 0.111 e. The Hall–Kier alpha value is -3.66.